The van der Waals surface area contributed by atoms with Gasteiger partial charge in [0.15, 0.2) is 0 Å². The molecule has 1 N–H and O–H groups in total. The van der Waals surface area contributed by atoms with Crippen molar-refractivity contribution in [1.29, 1.82) is 0 Å². The van der Waals surface area contributed by atoms with Gasteiger partial charge in [-0.3, -0.25) is 14.8 Å². The first-order chi connectivity index (χ1) is 19.0. The molecule has 1 unspecified atom stereocenters. The van der Waals surface area contributed by atoms with Gasteiger partial charge in [-0.2, -0.15) is 5.10 Å². The Morgan fingerprint density at radius 2 is 1.51 bits per heavy atom. The second-order valence-corrected chi connectivity index (χ2v) is 8.78. The van der Waals surface area contributed by atoms with Crippen LogP contribution >= 0.6 is 0 Å². The number of aromatic amines is 1. The van der Waals surface area contributed by atoms with E-state index in [1.807, 2.05) is 31.2 Å². The van der Waals surface area contributed by atoms with Crippen molar-refractivity contribution in [3.63, 3.8) is 0 Å². The van der Waals surface area contributed by atoms with Gasteiger partial charge in [-0.25, -0.2) is 9.59 Å². The monoisotopic (exact) mass is 525 g/mol. The van der Waals surface area contributed by atoms with E-state index >= 15 is 0 Å². The average Bonchev–Trinajstić information content (AvgIpc) is 3.52. The number of fused-ring (bicyclic) bond motifs is 1. The smallest absolute Gasteiger partial charge is 0.338 e. The second kappa shape index (κ2) is 10.8. The van der Waals surface area contributed by atoms with Gasteiger partial charge in [-0.15, -0.1) is 0 Å². The Morgan fingerprint density at radius 1 is 0.872 bits per heavy atom. The lowest BCUT2D eigenvalue weighted by Crippen LogP contribution is -2.29. The Bertz CT molecular complexity index is 1510. The molecule has 1 aliphatic heterocycles. The molecule has 1 atom stereocenters. The summed E-state index contributed by atoms with van der Waals surface area (Å²) in [6.45, 7) is 4.49. The van der Waals surface area contributed by atoms with Crippen molar-refractivity contribution in [2.45, 2.75) is 19.9 Å². The van der Waals surface area contributed by atoms with Crippen LogP contribution in [0.25, 0.3) is 11.3 Å². The van der Waals surface area contributed by atoms with Gasteiger partial charge in [-0.1, -0.05) is 12.1 Å². The summed E-state index contributed by atoms with van der Waals surface area (Å²) in [7, 11) is 1.33. The number of carbonyl (C=O) groups is 3. The third kappa shape index (κ3) is 4.74. The number of hydrogen-bond acceptors (Lipinski definition) is 7. The molecule has 1 aliphatic rings. The molecule has 2 heterocycles. The highest BCUT2D eigenvalue weighted by Crippen LogP contribution is 2.45. The number of anilines is 1. The van der Waals surface area contributed by atoms with E-state index in [4.69, 9.17) is 14.2 Å². The van der Waals surface area contributed by atoms with Crippen molar-refractivity contribution in [3.05, 3.63) is 101 Å². The number of nitrogens with zero attached hydrogens (tertiary/aromatic N) is 2. The van der Waals surface area contributed by atoms with Crippen LogP contribution in [0.15, 0.2) is 72.8 Å². The van der Waals surface area contributed by atoms with Crippen LogP contribution in [-0.2, 0) is 9.47 Å². The average molecular weight is 526 g/mol. The molecule has 0 radical (unpaired) electrons. The van der Waals surface area contributed by atoms with Gasteiger partial charge in [-0.05, 0) is 80.1 Å². The maximum atomic E-state index is 13.8. The fourth-order valence-corrected chi connectivity index (χ4v) is 4.72. The minimum atomic E-state index is -0.548. The first kappa shape index (κ1) is 25.7. The molecule has 0 spiro atoms. The number of esters is 2. The number of hydrogen-bond donors (Lipinski definition) is 1. The minimum Gasteiger partial charge on any atom is -0.494 e. The number of nitrogens with one attached hydrogen (secondary N) is 1. The molecular formula is C30H27N3O6. The number of aromatic nitrogens is 2. The summed E-state index contributed by atoms with van der Waals surface area (Å²) in [5.74, 6) is -0.406. The Balaban J connectivity index is 1.60. The van der Waals surface area contributed by atoms with Crippen molar-refractivity contribution >= 4 is 23.5 Å². The van der Waals surface area contributed by atoms with E-state index in [-0.39, 0.29) is 12.5 Å². The van der Waals surface area contributed by atoms with E-state index < -0.39 is 18.0 Å². The molecule has 9 heteroatoms. The number of amides is 1. The van der Waals surface area contributed by atoms with E-state index in [9.17, 15) is 14.4 Å². The summed E-state index contributed by atoms with van der Waals surface area (Å²) in [4.78, 5) is 39.7. The Kier molecular flexibility index (Phi) is 7.14. The number of H-pyrrole nitrogens is 1. The molecule has 0 bridgehead atoms. The highest BCUT2D eigenvalue weighted by atomic mass is 16.5. The zero-order valence-electron chi connectivity index (χ0n) is 21.8. The third-order valence-corrected chi connectivity index (χ3v) is 6.51. The molecule has 3 aromatic carbocycles. The maximum absolute atomic E-state index is 13.8. The van der Waals surface area contributed by atoms with Crippen LogP contribution in [0.5, 0.6) is 5.75 Å². The summed E-state index contributed by atoms with van der Waals surface area (Å²) in [6.07, 6.45) is 0. The Hall–Kier alpha value is -4.92. The fourth-order valence-electron chi connectivity index (χ4n) is 4.72. The van der Waals surface area contributed by atoms with Gasteiger partial charge in [0.2, 0.25) is 0 Å². The summed E-state index contributed by atoms with van der Waals surface area (Å²) in [5, 5.41) is 7.44. The summed E-state index contributed by atoms with van der Waals surface area (Å²) in [6, 6.07) is 20.6. The van der Waals surface area contributed by atoms with Crippen LogP contribution < -0.4 is 9.64 Å². The van der Waals surface area contributed by atoms with Crippen molar-refractivity contribution in [3.8, 4) is 17.0 Å². The largest absolute Gasteiger partial charge is 0.494 e. The number of ether oxygens (including phenoxy) is 3. The molecule has 0 saturated carbocycles. The molecule has 39 heavy (non-hydrogen) atoms. The third-order valence-electron chi connectivity index (χ3n) is 6.51. The summed E-state index contributed by atoms with van der Waals surface area (Å²) in [5.41, 5.74) is 4.69. The Labute approximate surface area is 225 Å². The normalized spacial score (nSPS) is 14.2. The SMILES string of the molecule is CCOC(=O)c1ccc(N2C(=O)c3[nH]nc(-c4ccc(OCC)cc4)c3C2c2ccc(C(=O)OC)cc2)cc1. The van der Waals surface area contributed by atoms with E-state index in [0.717, 1.165) is 16.9 Å². The van der Waals surface area contributed by atoms with E-state index in [0.29, 0.717) is 40.4 Å². The Morgan fingerprint density at radius 3 is 2.13 bits per heavy atom. The lowest BCUT2D eigenvalue weighted by atomic mass is 9.95. The van der Waals surface area contributed by atoms with Crippen molar-refractivity contribution in [2.75, 3.05) is 25.2 Å². The molecule has 198 valence electrons. The van der Waals surface area contributed by atoms with E-state index in [2.05, 4.69) is 10.2 Å². The van der Waals surface area contributed by atoms with Crippen molar-refractivity contribution in [1.82, 2.24) is 10.2 Å². The lowest BCUT2D eigenvalue weighted by molar-refractivity contribution is 0.0525. The van der Waals surface area contributed by atoms with Gasteiger partial charge in [0.05, 0.1) is 43.2 Å². The molecule has 0 fully saturated rings. The molecule has 5 rings (SSSR count). The first-order valence-corrected chi connectivity index (χ1v) is 12.6. The fraction of sp³-hybridized carbons (Fsp3) is 0.200. The van der Waals surface area contributed by atoms with Gasteiger partial charge >= 0.3 is 11.9 Å². The zero-order chi connectivity index (χ0) is 27.5. The molecule has 0 aliphatic carbocycles. The van der Waals surface area contributed by atoms with Gasteiger partial charge in [0.25, 0.3) is 5.91 Å². The highest BCUT2D eigenvalue weighted by Gasteiger charge is 2.43. The second-order valence-electron chi connectivity index (χ2n) is 8.78. The van der Waals surface area contributed by atoms with Crippen LogP contribution in [0.1, 0.15) is 62.2 Å². The summed E-state index contributed by atoms with van der Waals surface area (Å²) < 4.78 is 15.5. The quantitative estimate of drug-likeness (QED) is 0.315. The van der Waals surface area contributed by atoms with Gasteiger partial charge in [0, 0.05) is 16.8 Å². The van der Waals surface area contributed by atoms with Crippen LogP contribution in [0.3, 0.4) is 0 Å². The standard InChI is InChI=1S/C30H27N3O6/c1-4-38-23-16-12-18(13-17-23)25-24-26(32-31-25)28(34)33(22-14-10-21(11-15-22)30(36)39-5-2)27(24)19-6-8-20(9-7-19)29(35)37-3/h6-17,27H,4-5H2,1-3H3,(H,31,32). The van der Waals surface area contributed by atoms with Crippen LogP contribution in [-0.4, -0.2) is 48.4 Å². The summed E-state index contributed by atoms with van der Waals surface area (Å²) >= 11 is 0. The maximum Gasteiger partial charge on any atom is 0.338 e. The van der Waals surface area contributed by atoms with E-state index in [1.165, 1.54) is 7.11 Å². The molecular weight excluding hydrogens is 498 g/mol. The molecule has 0 saturated heterocycles. The predicted molar refractivity (Wildman–Crippen MR) is 144 cm³/mol. The van der Waals surface area contributed by atoms with Gasteiger partial charge < -0.3 is 14.2 Å². The van der Waals surface area contributed by atoms with Gasteiger partial charge in [0.1, 0.15) is 11.4 Å². The topological polar surface area (TPSA) is 111 Å². The number of carbonyl (C=O) groups excluding carboxylic acids is 3. The molecule has 4 aromatic rings. The number of benzene rings is 3. The highest BCUT2D eigenvalue weighted by molar-refractivity contribution is 6.12. The lowest BCUT2D eigenvalue weighted by Gasteiger charge is -2.26. The minimum absolute atomic E-state index is 0.263. The zero-order valence-corrected chi connectivity index (χ0v) is 21.8. The number of rotatable bonds is 8. The van der Waals surface area contributed by atoms with Crippen molar-refractivity contribution in [2.24, 2.45) is 0 Å². The van der Waals surface area contributed by atoms with Crippen molar-refractivity contribution < 1.29 is 28.6 Å². The van der Waals surface area contributed by atoms with E-state index in [1.54, 1.807) is 60.4 Å². The van der Waals surface area contributed by atoms with Crippen LogP contribution in [0.2, 0.25) is 0 Å². The predicted octanol–water partition coefficient (Wildman–Crippen LogP) is 5.19. The molecule has 9 nitrogen and oxygen atoms in total. The van der Waals surface area contributed by atoms with Crippen LogP contribution in [0.4, 0.5) is 5.69 Å². The molecule has 1 aromatic heterocycles. The molecule has 1 amide bonds. The first-order valence-electron chi connectivity index (χ1n) is 12.6. The number of methoxy groups -OCH3 is 1. The van der Waals surface area contributed by atoms with Crippen LogP contribution in [0, 0.1) is 0 Å².